The number of carbonyl (C=O) groups excluding carboxylic acids is 1. The van der Waals surface area contributed by atoms with E-state index in [2.05, 4.69) is 15.4 Å². The number of H-pyrrole nitrogens is 1. The summed E-state index contributed by atoms with van der Waals surface area (Å²) in [6, 6.07) is 12.2. The van der Waals surface area contributed by atoms with Crippen LogP contribution in [0.25, 0.3) is 5.69 Å². The molecule has 2 N–H and O–H groups in total. The van der Waals surface area contributed by atoms with Gasteiger partial charge in [0.2, 0.25) is 5.56 Å². The molecule has 2 heterocycles. The highest BCUT2D eigenvalue weighted by molar-refractivity contribution is 5.93. The van der Waals surface area contributed by atoms with Crippen molar-refractivity contribution in [3.8, 4) is 5.69 Å². The Morgan fingerprint density at radius 1 is 1.15 bits per heavy atom. The van der Waals surface area contributed by atoms with Crippen molar-refractivity contribution in [1.29, 1.82) is 0 Å². The largest absolute Gasteiger partial charge is 0.350 e. The van der Waals surface area contributed by atoms with Gasteiger partial charge in [-0.25, -0.2) is 14.0 Å². The SMILES string of the molecule is O=C(NCCn1nc(C2CC2)n(-c2ccccc2)c1=O)c1ccc(=O)[nH]c1. The standard InChI is InChI=1S/C19H19N5O3/c25-16-9-8-14(12-21-16)18(26)20-10-11-23-19(27)24(15-4-2-1-3-5-15)17(22-23)13-6-7-13/h1-5,8-9,12-13H,6-7,10-11H2,(H,20,26)(H,21,25). The predicted molar refractivity (Wildman–Crippen MR) is 99.2 cm³/mol. The van der Waals surface area contributed by atoms with Crippen LogP contribution >= 0.6 is 0 Å². The van der Waals surface area contributed by atoms with E-state index in [9.17, 15) is 14.4 Å². The number of benzene rings is 1. The van der Waals surface area contributed by atoms with Crippen LogP contribution in [-0.4, -0.2) is 31.8 Å². The third-order valence-electron chi connectivity index (χ3n) is 4.48. The zero-order valence-corrected chi connectivity index (χ0v) is 14.6. The minimum Gasteiger partial charge on any atom is -0.350 e. The summed E-state index contributed by atoms with van der Waals surface area (Å²) < 4.78 is 3.05. The van der Waals surface area contributed by atoms with Crippen LogP contribution in [0.1, 0.15) is 34.9 Å². The fourth-order valence-corrected chi connectivity index (χ4v) is 2.92. The number of nitrogens with one attached hydrogen (secondary N) is 2. The summed E-state index contributed by atoms with van der Waals surface area (Å²) in [4.78, 5) is 38.4. The molecule has 1 saturated carbocycles. The van der Waals surface area contributed by atoms with Crippen molar-refractivity contribution in [1.82, 2.24) is 24.6 Å². The highest BCUT2D eigenvalue weighted by Gasteiger charge is 2.31. The zero-order valence-electron chi connectivity index (χ0n) is 14.6. The Labute approximate surface area is 154 Å². The van der Waals surface area contributed by atoms with Crippen molar-refractivity contribution in [2.75, 3.05) is 6.54 Å². The van der Waals surface area contributed by atoms with Crippen LogP contribution in [0.15, 0.2) is 58.3 Å². The highest BCUT2D eigenvalue weighted by Crippen LogP contribution is 2.39. The number of carbonyl (C=O) groups is 1. The molecule has 4 rings (SSSR count). The molecule has 1 amide bonds. The van der Waals surface area contributed by atoms with Gasteiger partial charge in [0.1, 0.15) is 5.82 Å². The van der Waals surface area contributed by atoms with Crippen molar-refractivity contribution in [3.63, 3.8) is 0 Å². The van der Waals surface area contributed by atoms with Crippen LogP contribution in [0.3, 0.4) is 0 Å². The van der Waals surface area contributed by atoms with Crippen LogP contribution in [0.4, 0.5) is 0 Å². The van der Waals surface area contributed by atoms with E-state index < -0.39 is 0 Å². The third-order valence-corrected chi connectivity index (χ3v) is 4.48. The number of amides is 1. The van der Waals surface area contributed by atoms with E-state index in [1.807, 2.05) is 30.3 Å². The van der Waals surface area contributed by atoms with E-state index in [1.165, 1.54) is 23.0 Å². The average Bonchev–Trinajstić information content (AvgIpc) is 3.48. The minimum absolute atomic E-state index is 0.207. The lowest BCUT2D eigenvalue weighted by Gasteiger charge is -2.04. The minimum atomic E-state index is -0.316. The highest BCUT2D eigenvalue weighted by atomic mass is 16.2. The second-order valence-corrected chi connectivity index (χ2v) is 6.51. The van der Waals surface area contributed by atoms with Gasteiger partial charge in [0.25, 0.3) is 5.91 Å². The number of rotatable bonds is 6. The second-order valence-electron chi connectivity index (χ2n) is 6.51. The third kappa shape index (κ3) is 3.59. The summed E-state index contributed by atoms with van der Waals surface area (Å²) in [6.45, 7) is 0.529. The topological polar surface area (TPSA) is 102 Å². The Morgan fingerprint density at radius 2 is 1.93 bits per heavy atom. The van der Waals surface area contributed by atoms with E-state index in [1.54, 1.807) is 4.57 Å². The molecule has 1 aromatic carbocycles. The van der Waals surface area contributed by atoms with Crippen molar-refractivity contribution in [2.24, 2.45) is 0 Å². The fourth-order valence-electron chi connectivity index (χ4n) is 2.92. The number of hydrogen-bond donors (Lipinski definition) is 2. The molecule has 0 bridgehead atoms. The Hall–Kier alpha value is -3.42. The molecule has 27 heavy (non-hydrogen) atoms. The lowest BCUT2D eigenvalue weighted by molar-refractivity contribution is 0.0951. The van der Waals surface area contributed by atoms with Gasteiger partial charge in [-0.1, -0.05) is 18.2 Å². The zero-order chi connectivity index (χ0) is 18.8. The number of para-hydroxylation sites is 1. The van der Waals surface area contributed by atoms with Gasteiger partial charge in [-0.3, -0.25) is 9.59 Å². The quantitative estimate of drug-likeness (QED) is 0.681. The van der Waals surface area contributed by atoms with Crippen molar-refractivity contribution >= 4 is 5.91 Å². The first-order chi connectivity index (χ1) is 13.1. The molecule has 0 atom stereocenters. The Kier molecular flexibility index (Phi) is 4.45. The normalized spacial score (nSPS) is 13.5. The summed E-state index contributed by atoms with van der Waals surface area (Å²) in [5.41, 5.74) is 0.682. The van der Waals surface area contributed by atoms with Gasteiger partial charge >= 0.3 is 5.69 Å². The molecule has 3 aromatic rings. The summed E-state index contributed by atoms with van der Waals surface area (Å²) in [5.74, 6) is 0.775. The molecule has 0 aliphatic heterocycles. The molecular formula is C19H19N5O3. The van der Waals surface area contributed by atoms with Gasteiger partial charge in [-0.2, -0.15) is 5.10 Å². The van der Waals surface area contributed by atoms with Gasteiger partial charge in [-0.15, -0.1) is 0 Å². The maximum Gasteiger partial charge on any atom is 0.350 e. The van der Waals surface area contributed by atoms with Crippen molar-refractivity contribution in [2.45, 2.75) is 25.3 Å². The maximum atomic E-state index is 12.8. The number of hydrogen-bond acceptors (Lipinski definition) is 4. The van der Waals surface area contributed by atoms with E-state index in [4.69, 9.17) is 0 Å². The van der Waals surface area contributed by atoms with Gasteiger partial charge < -0.3 is 10.3 Å². The first kappa shape index (κ1) is 17.0. The van der Waals surface area contributed by atoms with E-state index in [0.29, 0.717) is 11.5 Å². The van der Waals surface area contributed by atoms with Crippen LogP contribution in [-0.2, 0) is 6.54 Å². The van der Waals surface area contributed by atoms with E-state index >= 15 is 0 Å². The molecule has 2 aromatic heterocycles. The summed E-state index contributed by atoms with van der Waals surface area (Å²) >= 11 is 0. The molecule has 8 heteroatoms. The molecule has 0 spiro atoms. The number of pyridine rings is 1. The fraction of sp³-hybridized carbons (Fsp3) is 0.263. The van der Waals surface area contributed by atoms with Gasteiger partial charge in [0, 0.05) is 24.7 Å². The molecule has 8 nitrogen and oxygen atoms in total. The lowest BCUT2D eigenvalue weighted by atomic mass is 10.3. The molecule has 138 valence electrons. The monoisotopic (exact) mass is 365 g/mol. The van der Waals surface area contributed by atoms with Crippen LogP contribution in [0.5, 0.6) is 0 Å². The average molecular weight is 365 g/mol. The van der Waals surface area contributed by atoms with E-state index in [-0.39, 0.29) is 30.2 Å². The molecule has 1 fully saturated rings. The Balaban J connectivity index is 1.50. The molecule has 0 unspecified atom stereocenters. The van der Waals surface area contributed by atoms with Crippen LogP contribution in [0, 0.1) is 0 Å². The van der Waals surface area contributed by atoms with Gasteiger partial charge in [0.05, 0.1) is 17.8 Å². The smallest absolute Gasteiger partial charge is 0.350 e. The van der Waals surface area contributed by atoms with E-state index in [0.717, 1.165) is 24.4 Å². The Bertz CT molecular complexity index is 1060. The lowest BCUT2D eigenvalue weighted by Crippen LogP contribution is -2.32. The molecule has 0 radical (unpaired) electrons. The Morgan fingerprint density at radius 3 is 2.59 bits per heavy atom. The maximum absolute atomic E-state index is 12.8. The summed E-state index contributed by atoms with van der Waals surface area (Å²) in [5, 5.41) is 7.24. The summed E-state index contributed by atoms with van der Waals surface area (Å²) in [7, 11) is 0. The number of aromatic amines is 1. The van der Waals surface area contributed by atoms with Crippen LogP contribution < -0.4 is 16.6 Å². The molecule has 1 aliphatic rings. The molecular weight excluding hydrogens is 346 g/mol. The molecule has 1 aliphatic carbocycles. The molecule has 0 saturated heterocycles. The first-order valence-electron chi connectivity index (χ1n) is 8.85. The van der Waals surface area contributed by atoms with Crippen LogP contribution in [0.2, 0.25) is 0 Å². The number of nitrogens with zero attached hydrogens (tertiary/aromatic N) is 3. The van der Waals surface area contributed by atoms with Gasteiger partial charge in [-0.05, 0) is 31.0 Å². The van der Waals surface area contributed by atoms with Crippen molar-refractivity contribution < 1.29 is 4.79 Å². The predicted octanol–water partition coefficient (Wildman–Crippen LogP) is 1.03. The summed E-state index contributed by atoms with van der Waals surface area (Å²) in [6.07, 6.45) is 3.43. The second kappa shape index (κ2) is 7.06. The first-order valence-corrected chi connectivity index (χ1v) is 8.85. The van der Waals surface area contributed by atoms with Crippen molar-refractivity contribution in [3.05, 3.63) is 80.9 Å². The number of aromatic nitrogens is 4. The van der Waals surface area contributed by atoms with Gasteiger partial charge in [0.15, 0.2) is 0 Å².